The molecule has 8 unspecified atom stereocenters. The summed E-state index contributed by atoms with van der Waals surface area (Å²) in [6, 6.07) is 0. The lowest BCUT2D eigenvalue weighted by Gasteiger charge is -2.41. The van der Waals surface area contributed by atoms with Gasteiger partial charge >= 0.3 is 15.6 Å². The first-order chi connectivity index (χ1) is 18.2. The van der Waals surface area contributed by atoms with Crippen molar-refractivity contribution in [2.24, 2.45) is 0 Å². The fraction of sp³-hybridized carbons (Fsp3) is 0.706. The molecule has 4 heterocycles. The van der Waals surface area contributed by atoms with Gasteiger partial charge in [0.05, 0.1) is 25.6 Å². The predicted molar refractivity (Wildman–Crippen MR) is 122 cm³/mol. The van der Waals surface area contributed by atoms with Crippen LogP contribution in [0.5, 0.6) is 0 Å². The first-order valence-corrected chi connectivity index (χ1v) is 14.2. The zero-order valence-corrected chi connectivity index (χ0v) is 21.5. The van der Waals surface area contributed by atoms with E-state index >= 15 is 0 Å². The monoisotopic (exact) mass is 603 g/mol. The SMILES string of the molecule is Nc1ncnc2c1ncn2C1C[C@H](O)[C@@H](COP(=O)(O)OP(=O)(O)OC2OC([C@@H](O)CO)C(O)C(O)C2O)O1. The Hall–Kier alpha value is -1.71. The van der Waals surface area contributed by atoms with E-state index in [1.54, 1.807) is 0 Å². The topological polar surface area (TPSA) is 312 Å². The van der Waals surface area contributed by atoms with Crippen LogP contribution in [0.15, 0.2) is 12.7 Å². The molecule has 2 fully saturated rings. The summed E-state index contributed by atoms with van der Waals surface area (Å²) in [5.74, 6) is 0.114. The molecule has 0 aliphatic carbocycles. The zero-order valence-electron chi connectivity index (χ0n) is 19.7. The van der Waals surface area contributed by atoms with Crippen molar-refractivity contribution >= 4 is 32.6 Å². The van der Waals surface area contributed by atoms with Crippen LogP contribution in [0.4, 0.5) is 5.82 Å². The third-order valence-electron chi connectivity index (χ3n) is 5.92. The molecular weight excluding hydrogens is 576 g/mol. The molecule has 10 N–H and O–H groups in total. The highest BCUT2D eigenvalue weighted by Gasteiger charge is 2.50. The quantitative estimate of drug-likeness (QED) is 0.119. The third kappa shape index (κ3) is 6.62. The van der Waals surface area contributed by atoms with Crippen LogP contribution in [0.3, 0.4) is 0 Å². The van der Waals surface area contributed by atoms with Gasteiger partial charge in [0.2, 0.25) is 0 Å². The van der Waals surface area contributed by atoms with Gasteiger partial charge in [0, 0.05) is 6.42 Å². The minimum atomic E-state index is -5.59. The number of fused-ring (bicyclic) bond motifs is 1. The molecule has 2 aliphatic rings. The third-order valence-corrected chi connectivity index (χ3v) is 8.52. The molecule has 0 aromatic carbocycles. The lowest BCUT2D eigenvalue weighted by molar-refractivity contribution is -0.292. The van der Waals surface area contributed by atoms with Gasteiger partial charge in [0.25, 0.3) is 0 Å². The van der Waals surface area contributed by atoms with E-state index in [0.717, 1.165) is 0 Å². The van der Waals surface area contributed by atoms with Crippen LogP contribution >= 0.6 is 15.6 Å². The number of aliphatic hydroxyl groups is 6. The van der Waals surface area contributed by atoms with E-state index in [4.69, 9.17) is 20.3 Å². The van der Waals surface area contributed by atoms with Gasteiger partial charge < -0.3 is 55.6 Å². The average molecular weight is 603 g/mol. The molecule has 0 amide bonds. The summed E-state index contributed by atoms with van der Waals surface area (Å²) in [7, 11) is -11.0. The molecule has 4 rings (SSSR count). The molecule has 2 aliphatic heterocycles. The summed E-state index contributed by atoms with van der Waals surface area (Å²) in [6.45, 7) is -1.76. The number of aliphatic hydroxyl groups excluding tert-OH is 6. The second-order valence-corrected chi connectivity index (χ2v) is 11.6. The summed E-state index contributed by atoms with van der Waals surface area (Å²) in [5.41, 5.74) is 6.33. The molecule has 2 saturated heterocycles. The molecular formula is C17H27N5O15P2. The zero-order chi connectivity index (χ0) is 28.7. The average Bonchev–Trinajstić information content (AvgIpc) is 3.46. The maximum absolute atomic E-state index is 12.3. The van der Waals surface area contributed by atoms with Gasteiger partial charge in [0.1, 0.15) is 54.7 Å². The Balaban J connectivity index is 1.35. The van der Waals surface area contributed by atoms with Crippen molar-refractivity contribution in [1.82, 2.24) is 19.5 Å². The van der Waals surface area contributed by atoms with Crippen LogP contribution in [0.25, 0.3) is 11.2 Å². The second-order valence-electron chi connectivity index (χ2n) is 8.63. The van der Waals surface area contributed by atoms with Crippen LogP contribution in [-0.4, -0.2) is 122 Å². The number of phosphoric ester groups is 2. The van der Waals surface area contributed by atoms with Crippen LogP contribution in [0.1, 0.15) is 12.6 Å². The van der Waals surface area contributed by atoms with Gasteiger partial charge in [0.15, 0.2) is 17.8 Å². The number of imidazole rings is 1. The van der Waals surface area contributed by atoms with Crippen molar-refractivity contribution in [2.75, 3.05) is 18.9 Å². The Morgan fingerprint density at radius 3 is 2.49 bits per heavy atom. The van der Waals surface area contributed by atoms with Crippen LogP contribution in [0.2, 0.25) is 0 Å². The van der Waals surface area contributed by atoms with Gasteiger partial charge in [-0.2, -0.15) is 4.31 Å². The normalized spacial score (nSPS) is 35.5. The minimum absolute atomic E-state index is 0.0203. The molecule has 0 radical (unpaired) electrons. The van der Waals surface area contributed by atoms with E-state index in [9.17, 15) is 44.4 Å². The number of rotatable bonds is 10. The maximum atomic E-state index is 12.3. The first kappa shape index (κ1) is 30.3. The largest absolute Gasteiger partial charge is 0.483 e. The van der Waals surface area contributed by atoms with E-state index in [1.165, 1.54) is 17.2 Å². The number of nitrogens with zero attached hydrogens (tertiary/aromatic N) is 4. The van der Waals surface area contributed by atoms with Crippen LogP contribution in [-0.2, 0) is 32.0 Å². The predicted octanol–water partition coefficient (Wildman–Crippen LogP) is -3.53. The highest BCUT2D eigenvalue weighted by Crippen LogP contribution is 2.61. The van der Waals surface area contributed by atoms with Crippen molar-refractivity contribution in [2.45, 2.75) is 61.7 Å². The molecule has 39 heavy (non-hydrogen) atoms. The summed E-state index contributed by atoms with van der Waals surface area (Å²) in [4.78, 5) is 31.8. The molecule has 2 aromatic heterocycles. The fourth-order valence-corrected chi connectivity index (χ4v) is 6.13. The molecule has 11 atom stereocenters. The number of hydrogen-bond donors (Lipinski definition) is 9. The lowest BCUT2D eigenvalue weighted by atomic mass is 9.96. The maximum Gasteiger partial charge on any atom is 0.483 e. The van der Waals surface area contributed by atoms with E-state index in [2.05, 4.69) is 28.3 Å². The summed E-state index contributed by atoms with van der Waals surface area (Å²) >= 11 is 0. The number of nitrogen functional groups attached to an aromatic ring is 1. The number of aromatic nitrogens is 4. The Morgan fingerprint density at radius 2 is 1.79 bits per heavy atom. The van der Waals surface area contributed by atoms with Crippen LogP contribution < -0.4 is 5.73 Å². The van der Waals surface area contributed by atoms with Gasteiger partial charge in [-0.25, -0.2) is 24.1 Å². The molecule has 22 heteroatoms. The molecule has 0 spiro atoms. The van der Waals surface area contributed by atoms with Crippen LogP contribution in [0, 0.1) is 0 Å². The van der Waals surface area contributed by atoms with Crippen molar-refractivity contribution in [3.8, 4) is 0 Å². The standard InChI is InChI=1S/C17H27N5O15P2/c18-15-10-16(20-4-19-15)22(5-21-10)9-1-6(24)8(34-9)3-33-38(29,30)37-39(31,32)36-17-13(28)11(26)12(27)14(35-17)7(25)2-23/h4-9,11-14,17,23-28H,1-3H2,(H,29,30)(H,31,32)(H2,18,19,20)/t6-,7-,8+,9?,11?,12?,13?,14?,17?/m0/s1. The van der Waals surface area contributed by atoms with Crippen molar-refractivity contribution in [3.63, 3.8) is 0 Å². The van der Waals surface area contributed by atoms with E-state index in [-0.39, 0.29) is 17.8 Å². The fourth-order valence-electron chi connectivity index (χ4n) is 3.97. The summed E-state index contributed by atoms with van der Waals surface area (Å²) in [5, 5.41) is 58.8. The van der Waals surface area contributed by atoms with E-state index < -0.39 is 84.1 Å². The van der Waals surface area contributed by atoms with Crippen molar-refractivity contribution < 1.29 is 72.4 Å². The number of hydrogen-bond acceptors (Lipinski definition) is 17. The Kier molecular flexibility index (Phi) is 9.04. The molecule has 2 aromatic rings. The van der Waals surface area contributed by atoms with Gasteiger partial charge in [-0.3, -0.25) is 13.6 Å². The molecule has 220 valence electrons. The molecule has 0 saturated carbocycles. The number of ether oxygens (including phenoxy) is 2. The first-order valence-electron chi connectivity index (χ1n) is 11.2. The van der Waals surface area contributed by atoms with Gasteiger partial charge in [-0.05, 0) is 0 Å². The molecule has 0 bridgehead atoms. The van der Waals surface area contributed by atoms with E-state index in [0.29, 0.717) is 5.65 Å². The van der Waals surface area contributed by atoms with Crippen molar-refractivity contribution in [1.29, 1.82) is 0 Å². The highest BCUT2D eigenvalue weighted by molar-refractivity contribution is 7.61. The smallest absolute Gasteiger partial charge is 0.394 e. The Labute approximate surface area is 218 Å². The lowest BCUT2D eigenvalue weighted by Crippen LogP contribution is -2.61. The Bertz CT molecular complexity index is 1250. The summed E-state index contributed by atoms with van der Waals surface area (Å²) in [6.07, 6.45) is -12.8. The van der Waals surface area contributed by atoms with Gasteiger partial charge in [-0.1, -0.05) is 0 Å². The summed E-state index contributed by atoms with van der Waals surface area (Å²) < 4.78 is 50.0. The second kappa shape index (κ2) is 11.6. The number of anilines is 1. The minimum Gasteiger partial charge on any atom is -0.394 e. The van der Waals surface area contributed by atoms with Crippen molar-refractivity contribution in [3.05, 3.63) is 12.7 Å². The van der Waals surface area contributed by atoms with E-state index in [1.807, 2.05) is 0 Å². The highest BCUT2D eigenvalue weighted by atomic mass is 31.3. The van der Waals surface area contributed by atoms with Gasteiger partial charge in [-0.15, -0.1) is 0 Å². The number of phosphoric acid groups is 2. The number of nitrogens with two attached hydrogens (primary N) is 1. The Morgan fingerprint density at radius 1 is 1.08 bits per heavy atom. The molecule has 20 nitrogen and oxygen atoms in total.